The van der Waals surface area contributed by atoms with Gasteiger partial charge in [0.15, 0.2) is 0 Å². The summed E-state index contributed by atoms with van der Waals surface area (Å²) in [6.45, 7) is 5.95. The summed E-state index contributed by atoms with van der Waals surface area (Å²) < 4.78 is 23.0. The Morgan fingerprint density at radius 3 is 2.12 bits per heavy atom. The molecule has 1 unspecified atom stereocenters. The van der Waals surface area contributed by atoms with E-state index >= 15 is 0 Å². The van der Waals surface area contributed by atoms with Gasteiger partial charge in [-0.1, -0.05) is 37.6 Å². The van der Waals surface area contributed by atoms with Gasteiger partial charge in [-0.2, -0.15) is 0 Å². The van der Waals surface area contributed by atoms with Crippen LogP contribution in [0.1, 0.15) is 37.6 Å². The van der Waals surface area contributed by atoms with Crippen LogP contribution in [0.5, 0.6) is 11.5 Å². The van der Waals surface area contributed by atoms with E-state index < -0.39 is 18.8 Å². The molecule has 0 heterocycles. The van der Waals surface area contributed by atoms with Crippen LogP contribution in [0.4, 0.5) is 0 Å². The summed E-state index contributed by atoms with van der Waals surface area (Å²) in [6, 6.07) is 4.80. The molecule has 1 aromatic rings. The fourth-order valence-corrected chi connectivity index (χ4v) is 4.19. The Balaban J connectivity index is 2.38. The van der Waals surface area contributed by atoms with Crippen molar-refractivity contribution >= 4 is 18.8 Å². The first-order valence-electron chi connectivity index (χ1n) is 7.95. The molecule has 1 aliphatic carbocycles. The van der Waals surface area contributed by atoms with Crippen LogP contribution >= 0.6 is 7.80 Å². The molecule has 6 heteroatoms. The molecule has 0 amide bonds. The van der Waals surface area contributed by atoms with Crippen LogP contribution in [0.3, 0.4) is 0 Å². The Kier molecular flexibility index (Phi) is 5.69. The van der Waals surface area contributed by atoms with Crippen LogP contribution in [0.2, 0.25) is 0 Å². The number of carbonyl (C=O) groups excluding carboxylic acids is 2. The van der Waals surface area contributed by atoms with Crippen molar-refractivity contribution in [1.82, 2.24) is 0 Å². The number of ether oxygens (including phenoxy) is 2. The largest absolute Gasteiger partial charge is 0.496 e. The van der Waals surface area contributed by atoms with Gasteiger partial charge < -0.3 is 14.0 Å². The minimum absolute atomic E-state index is 0.0445. The van der Waals surface area contributed by atoms with Gasteiger partial charge in [0.05, 0.1) is 14.2 Å². The van der Waals surface area contributed by atoms with Gasteiger partial charge >= 0.3 is 0 Å². The highest BCUT2D eigenvalue weighted by Gasteiger charge is 2.31. The summed E-state index contributed by atoms with van der Waals surface area (Å²) in [5, 5.41) is 0. The summed E-state index contributed by atoms with van der Waals surface area (Å²) in [5.74, 6) is 0.475. The zero-order chi connectivity index (χ0) is 18.8. The van der Waals surface area contributed by atoms with Gasteiger partial charge in [0.2, 0.25) is 18.8 Å². The average molecular weight is 362 g/mol. The quantitative estimate of drug-likeness (QED) is 0.708. The molecule has 5 nitrogen and oxygen atoms in total. The van der Waals surface area contributed by atoms with Gasteiger partial charge in [0, 0.05) is 5.57 Å². The van der Waals surface area contributed by atoms with Crippen LogP contribution in [-0.2, 0) is 9.36 Å². The van der Waals surface area contributed by atoms with Crippen molar-refractivity contribution in [1.29, 1.82) is 0 Å². The second-order valence-electron chi connectivity index (χ2n) is 6.72. The minimum atomic E-state index is -3.23. The van der Waals surface area contributed by atoms with E-state index in [-0.39, 0.29) is 22.5 Å². The molecule has 0 N–H and O–H groups in total. The maximum Gasteiger partial charge on any atom is 0.233 e. The second kappa shape index (κ2) is 7.40. The fraction of sp³-hybridized carbons (Fsp3) is 0.368. The predicted octanol–water partition coefficient (Wildman–Crippen LogP) is 4.23. The highest BCUT2D eigenvalue weighted by Crippen LogP contribution is 2.42. The molecular weight excluding hydrogens is 339 g/mol. The normalized spacial score (nSPS) is 17.2. The summed E-state index contributed by atoms with van der Waals surface area (Å²) in [4.78, 5) is 25.4. The fourth-order valence-electron chi connectivity index (χ4n) is 2.97. The third kappa shape index (κ3) is 3.93. The number of methoxy groups -OCH3 is 2. The minimum Gasteiger partial charge on any atom is -0.496 e. The average Bonchev–Trinajstić information content (AvgIpc) is 2.58. The van der Waals surface area contributed by atoms with E-state index in [0.717, 1.165) is 5.57 Å². The number of rotatable bonds is 6. The summed E-state index contributed by atoms with van der Waals surface area (Å²) in [5.41, 5.74) is -0.168. The van der Waals surface area contributed by atoms with E-state index in [1.807, 2.05) is 13.0 Å². The molecule has 0 aliphatic heterocycles. The molecule has 0 fully saturated rings. The monoisotopic (exact) mass is 362 g/mol. The Morgan fingerprint density at radius 1 is 1.08 bits per heavy atom. The zero-order valence-electron chi connectivity index (χ0n) is 15.1. The van der Waals surface area contributed by atoms with Crippen molar-refractivity contribution in [2.24, 2.45) is 5.41 Å². The van der Waals surface area contributed by atoms with Crippen molar-refractivity contribution in [3.63, 3.8) is 0 Å². The lowest BCUT2D eigenvalue weighted by Crippen LogP contribution is -2.15. The number of carbonyl (C=O) groups is 2. The molecule has 0 saturated heterocycles. The lowest BCUT2D eigenvalue weighted by molar-refractivity contribution is -0.108. The van der Waals surface area contributed by atoms with Crippen LogP contribution in [0.15, 0.2) is 41.5 Å². The highest BCUT2D eigenvalue weighted by atomic mass is 31.1. The van der Waals surface area contributed by atoms with Gasteiger partial charge in [-0.3, -0.25) is 9.59 Å². The van der Waals surface area contributed by atoms with E-state index in [1.54, 1.807) is 24.3 Å². The number of hydrogen-bond acceptors (Lipinski definition) is 5. The maximum atomic E-state index is 12.7. The second-order valence-corrected chi connectivity index (χ2v) is 8.28. The molecule has 0 spiro atoms. The number of hydrogen-bond donors (Lipinski definition) is 0. The number of allylic oxidation sites excluding steroid dienone is 4. The first-order valence-corrected chi connectivity index (χ1v) is 9.36. The van der Waals surface area contributed by atoms with E-state index in [0.29, 0.717) is 12.0 Å². The van der Waals surface area contributed by atoms with Crippen molar-refractivity contribution in [3.05, 3.63) is 47.1 Å². The Hall–Kier alpha value is -2.13. The first-order chi connectivity index (χ1) is 11.7. The van der Waals surface area contributed by atoms with Gasteiger partial charge in [0.1, 0.15) is 17.1 Å². The molecule has 25 heavy (non-hydrogen) atoms. The summed E-state index contributed by atoms with van der Waals surface area (Å²) >= 11 is 0. The number of benzene rings is 1. The third-order valence-corrected chi connectivity index (χ3v) is 5.54. The molecule has 0 radical (unpaired) electrons. The molecule has 0 saturated carbocycles. The predicted molar refractivity (Wildman–Crippen MR) is 98.1 cm³/mol. The molecule has 2 rings (SSSR count). The van der Waals surface area contributed by atoms with Crippen molar-refractivity contribution in [2.45, 2.75) is 27.2 Å². The smallest absolute Gasteiger partial charge is 0.233 e. The Bertz CT molecular complexity index is 780. The van der Waals surface area contributed by atoms with Gasteiger partial charge in [-0.15, -0.1) is 0 Å². The first kappa shape index (κ1) is 19.2. The third-order valence-electron chi connectivity index (χ3n) is 4.19. The van der Waals surface area contributed by atoms with Crippen LogP contribution in [0.25, 0.3) is 0 Å². The molecule has 1 aromatic carbocycles. The summed E-state index contributed by atoms with van der Waals surface area (Å²) in [6.07, 6.45) is 4.28. The maximum absolute atomic E-state index is 12.7. The Morgan fingerprint density at radius 2 is 1.64 bits per heavy atom. The van der Waals surface area contributed by atoms with Gasteiger partial charge in [-0.05, 0) is 30.9 Å². The van der Waals surface area contributed by atoms with Crippen LogP contribution in [0, 0.1) is 5.41 Å². The summed E-state index contributed by atoms with van der Waals surface area (Å²) in [7, 11) is -0.415. The molecular formula is C19H23O5P. The van der Waals surface area contributed by atoms with Crippen LogP contribution < -0.4 is 9.47 Å². The van der Waals surface area contributed by atoms with Gasteiger partial charge in [-0.25, -0.2) is 0 Å². The Labute approximate surface area is 148 Å². The van der Waals surface area contributed by atoms with Crippen molar-refractivity contribution in [2.75, 3.05) is 14.2 Å². The van der Waals surface area contributed by atoms with Crippen LogP contribution in [-0.4, -0.2) is 25.3 Å². The highest BCUT2D eigenvalue weighted by molar-refractivity contribution is 7.80. The molecule has 0 bridgehead atoms. The van der Waals surface area contributed by atoms with Crippen molar-refractivity contribution < 1.29 is 23.6 Å². The molecule has 0 aromatic heterocycles. The van der Waals surface area contributed by atoms with Crippen molar-refractivity contribution in [3.8, 4) is 11.5 Å². The molecule has 1 aliphatic rings. The standard InChI is InChI=1S/C19H23O5P/c1-12-11-19(2,3)10-9-13(12)17(20)25(22)18(21)16-14(23-4)7-6-8-15(16)24-5/h6-10,25H,11H2,1-5H3. The zero-order valence-corrected chi connectivity index (χ0v) is 16.1. The van der Waals surface area contributed by atoms with E-state index in [9.17, 15) is 14.2 Å². The van der Waals surface area contributed by atoms with E-state index in [4.69, 9.17) is 9.47 Å². The lowest BCUT2D eigenvalue weighted by atomic mass is 9.80. The van der Waals surface area contributed by atoms with Gasteiger partial charge in [0.25, 0.3) is 0 Å². The SMILES string of the molecule is COc1cccc(OC)c1C(=O)[PH](=O)C(=O)C1=C(C)CC(C)(C)C=C1. The van der Waals surface area contributed by atoms with E-state index in [1.165, 1.54) is 14.2 Å². The molecule has 1 atom stereocenters. The molecule has 134 valence electrons. The topological polar surface area (TPSA) is 69.7 Å². The van der Waals surface area contributed by atoms with E-state index in [2.05, 4.69) is 13.8 Å². The lowest BCUT2D eigenvalue weighted by Gasteiger charge is -2.26.